The van der Waals surface area contributed by atoms with Crippen molar-refractivity contribution in [2.24, 2.45) is 0 Å². The molecule has 10 heteroatoms. The summed E-state index contributed by atoms with van der Waals surface area (Å²) in [5.41, 5.74) is 12.1. The number of para-hydroxylation sites is 6. The summed E-state index contributed by atoms with van der Waals surface area (Å²) in [5.74, 6) is -0.0790. The molecule has 6 aromatic heterocycles. The molecule has 0 fully saturated rings. The molecule has 15 rings (SSSR count). The maximum Gasteiger partial charge on any atom is 3.00 e. The average molecular weight is 997 g/mol. The Labute approximate surface area is 447 Å². The van der Waals surface area contributed by atoms with Crippen molar-refractivity contribution < 1.29 is 15.3 Å². The zero-order valence-electron chi connectivity index (χ0n) is 41.1. The van der Waals surface area contributed by atoms with Crippen molar-refractivity contribution in [2.75, 3.05) is 0 Å². The van der Waals surface area contributed by atoms with Crippen molar-refractivity contribution in [2.45, 2.75) is 19.6 Å². The molecule has 9 nitrogen and oxygen atoms in total. The van der Waals surface area contributed by atoms with E-state index in [0.29, 0.717) is 36.2 Å². The van der Waals surface area contributed by atoms with Crippen molar-refractivity contribution in [3.63, 3.8) is 0 Å². The SMILES string of the molecule is [Al+3].[O-]c1ccc(Cn2c3ccccc3c3ccccc32)c2cccnc12.[O-]c1ccc(Cn2c3ccccc3c3ccccc32)c2cccnc12.[O-]c1ccc(Cn2c3ccccc3c3ccccc32)c2cccnc12. The minimum absolute atomic E-state index is 0. The molecule has 0 amide bonds. The van der Waals surface area contributed by atoms with Crippen molar-refractivity contribution >= 4 is 115 Å². The summed E-state index contributed by atoms with van der Waals surface area (Å²) in [6.45, 7) is 2.11. The number of hydrogen-bond acceptors (Lipinski definition) is 6. The summed E-state index contributed by atoms with van der Waals surface area (Å²) in [5, 5.41) is 46.6. The number of pyridine rings is 3. The van der Waals surface area contributed by atoms with E-state index in [4.69, 9.17) is 0 Å². The number of aromatic nitrogens is 6. The third-order valence-corrected chi connectivity index (χ3v) is 14.5. The van der Waals surface area contributed by atoms with Gasteiger partial charge in [0.2, 0.25) is 0 Å². The first-order valence-electron chi connectivity index (χ1n) is 25.0. The van der Waals surface area contributed by atoms with Gasteiger partial charge in [-0.05, 0) is 71.3 Å². The van der Waals surface area contributed by atoms with E-state index in [2.05, 4.69) is 174 Å². The fourth-order valence-corrected chi connectivity index (χ4v) is 11.1. The molecule has 15 aromatic rings. The van der Waals surface area contributed by atoms with Crippen LogP contribution in [0.4, 0.5) is 0 Å². The van der Waals surface area contributed by atoms with Gasteiger partial charge in [0.05, 0.1) is 16.6 Å². The van der Waals surface area contributed by atoms with Gasteiger partial charge >= 0.3 is 17.4 Å². The molecule has 76 heavy (non-hydrogen) atoms. The van der Waals surface area contributed by atoms with Crippen molar-refractivity contribution in [3.8, 4) is 17.2 Å². The minimum atomic E-state index is -0.0263. The van der Waals surface area contributed by atoms with Gasteiger partial charge in [0.15, 0.2) is 0 Å². The van der Waals surface area contributed by atoms with Crippen LogP contribution in [0.3, 0.4) is 0 Å². The summed E-state index contributed by atoms with van der Waals surface area (Å²) in [6, 6.07) is 73.0. The second-order valence-corrected chi connectivity index (χ2v) is 18.7. The molecule has 0 bridgehead atoms. The van der Waals surface area contributed by atoms with E-state index in [1.54, 1.807) is 36.8 Å². The first kappa shape index (κ1) is 47.5. The van der Waals surface area contributed by atoms with E-state index >= 15 is 0 Å². The molecule has 0 aliphatic carbocycles. The van der Waals surface area contributed by atoms with Gasteiger partial charge in [-0.2, -0.15) is 0 Å². The first-order valence-corrected chi connectivity index (χ1v) is 25.0. The van der Waals surface area contributed by atoms with Crippen LogP contribution in [0.5, 0.6) is 17.2 Å². The second-order valence-electron chi connectivity index (χ2n) is 18.7. The average Bonchev–Trinajstić information content (AvgIpc) is 4.09. The number of rotatable bonds is 6. The van der Waals surface area contributed by atoms with Gasteiger partial charge in [-0.15, -0.1) is 0 Å². The Hall–Kier alpha value is -9.46. The number of nitrogens with zero attached hydrogens (tertiary/aromatic N) is 6. The fourth-order valence-electron chi connectivity index (χ4n) is 11.1. The molecule has 0 atom stereocenters. The molecular formula is C66H45AlN6O3. The van der Waals surface area contributed by atoms with Crippen LogP contribution in [0.15, 0.2) is 237 Å². The van der Waals surface area contributed by atoms with Crippen LogP contribution in [-0.4, -0.2) is 46.0 Å². The number of hydrogen-bond donors (Lipinski definition) is 0. The molecule has 0 saturated heterocycles. The Morgan fingerprint density at radius 3 is 0.697 bits per heavy atom. The third-order valence-electron chi connectivity index (χ3n) is 14.5. The largest absolute Gasteiger partial charge is 3.00 e. The van der Waals surface area contributed by atoms with Crippen molar-refractivity contribution in [1.82, 2.24) is 28.7 Å². The molecule has 0 N–H and O–H groups in total. The van der Waals surface area contributed by atoms with Crippen LogP contribution in [0.1, 0.15) is 16.7 Å². The van der Waals surface area contributed by atoms with Crippen LogP contribution in [0, 0.1) is 0 Å². The van der Waals surface area contributed by atoms with Gasteiger partial charge in [0, 0.05) is 120 Å². The van der Waals surface area contributed by atoms with Gasteiger partial charge in [-0.25, -0.2) is 0 Å². The smallest absolute Gasteiger partial charge is 0.871 e. The maximum atomic E-state index is 12.1. The normalized spacial score (nSPS) is 11.4. The van der Waals surface area contributed by atoms with Crippen LogP contribution in [0.25, 0.3) is 98.1 Å². The van der Waals surface area contributed by atoms with Crippen LogP contribution < -0.4 is 15.3 Å². The predicted octanol–water partition coefficient (Wildman–Crippen LogP) is 13.0. The second kappa shape index (κ2) is 20.1. The van der Waals surface area contributed by atoms with E-state index in [9.17, 15) is 15.3 Å². The van der Waals surface area contributed by atoms with E-state index in [-0.39, 0.29) is 34.6 Å². The molecule has 0 aliphatic rings. The standard InChI is InChI=1S/3C22H16N2O.Al/c3*25-21-12-11-15(16-8-5-13-23-22(16)21)14-24-19-9-3-1-6-17(19)18-7-2-4-10-20(18)24;/h3*1-13,25H,14H2;/q;;;+3/p-3. The zero-order valence-corrected chi connectivity index (χ0v) is 42.3. The molecule has 360 valence electrons. The Balaban J connectivity index is 0.000000114. The topological polar surface area (TPSA) is 123 Å². The molecule has 0 saturated carbocycles. The Morgan fingerprint density at radius 1 is 0.250 bits per heavy atom. The van der Waals surface area contributed by atoms with Crippen molar-refractivity contribution in [1.29, 1.82) is 0 Å². The summed E-state index contributed by atoms with van der Waals surface area (Å²) in [6.07, 6.45) is 5.02. The Kier molecular flexibility index (Phi) is 12.6. The molecule has 9 aromatic carbocycles. The number of fused-ring (bicyclic) bond motifs is 12. The molecule has 0 aliphatic heterocycles. The zero-order chi connectivity index (χ0) is 50.4. The van der Waals surface area contributed by atoms with Crippen LogP contribution in [-0.2, 0) is 19.6 Å². The first-order chi connectivity index (χ1) is 37.0. The van der Waals surface area contributed by atoms with E-state index in [1.165, 1.54) is 65.4 Å². The Morgan fingerprint density at radius 2 is 0.461 bits per heavy atom. The van der Waals surface area contributed by atoms with Crippen LogP contribution in [0.2, 0.25) is 0 Å². The minimum Gasteiger partial charge on any atom is -0.871 e. The van der Waals surface area contributed by atoms with Gasteiger partial charge in [-0.1, -0.05) is 181 Å². The van der Waals surface area contributed by atoms with E-state index in [0.717, 1.165) is 32.8 Å². The Bertz CT molecular complexity index is 4030. The third kappa shape index (κ3) is 8.36. The molecule has 6 heterocycles. The van der Waals surface area contributed by atoms with Crippen molar-refractivity contribution in [3.05, 3.63) is 254 Å². The molecule has 0 radical (unpaired) electrons. The quantitative estimate of drug-likeness (QED) is 0.153. The van der Waals surface area contributed by atoms with Crippen LogP contribution >= 0.6 is 0 Å². The van der Waals surface area contributed by atoms with Gasteiger partial charge in [0.25, 0.3) is 0 Å². The van der Waals surface area contributed by atoms with E-state index in [1.807, 2.05) is 54.6 Å². The molecule has 0 unspecified atom stereocenters. The maximum absolute atomic E-state index is 12.1. The summed E-state index contributed by atoms with van der Waals surface area (Å²) in [4.78, 5) is 12.8. The van der Waals surface area contributed by atoms with Gasteiger partial charge in [-0.3, -0.25) is 15.0 Å². The predicted molar refractivity (Wildman–Crippen MR) is 305 cm³/mol. The summed E-state index contributed by atoms with van der Waals surface area (Å²) < 4.78 is 6.95. The molecular weight excluding hydrogens is 952 g/mol. The molecule has 0 spiro atoms. The van der Waals surface area contributed by atoms with Gasteiger partial charge in [0.1, 0.15) is 0 Å². The monoisotopic (exact) mass is 996 g/mol. The number of benzene rings is 9. The fraction of sp³-hybridized carbons (Fsp3) is 0.0455. The van der Waals surface area contributed by atoms with Gasteiger partial charge < -0.3 is 29.0 Å². The summed E-state index contributed by atoms with van der Waals surface area (Å²) >= 11 is 0. The van der Waals surface area contributed by atoms with E-state index < -0.39 is 0 Å². The summed E-state index contributed by atoms with van der Waals surface area (Å²) in [7, 11) is 0.